The average molecular weight is 520 g/mol. The molecular formula is C37H75. The largest absolute Gasteiger partial charge is 0.0654 e. The summed E-state index contributed by atoms with van der Waals surface area (Å²) < 4.78 is 0. The van der Waals surface area contributed by atoms with Crippen LogP contribution in [0.1, 0.15) is 226 Å². The lowest BCUT2D eigenvalue weighted by atomic mass is 9.89. The number of hydrogen-bond donors (Lipinski definition) is 0. The molecule has 0 rings (SSSR count). The molecule has 0 N–H and O–H groups in total. The zero-order valence-corrected chi connectivity index (χ0v) is 26.6. The SMILES string of the molecule is [CH2]CCCCCC(CCCCCCCCCCCCC)CCCCCCCCCCCCCCCCC. The van der Waals surface area contributed by atoms with Crippen LogP contribution in [-0.4, -0.2) is 0 Å². The standard InChI is InChI=1S/C37H75/c1-4-7-10-13-15-17-19-20-21-22-24-26-28-30-33-36-37(34-31-12-9-6-3)35-32-29-27-25-23-18-16-14-11-8-5-2/h37H,3-36H2,1-2H3. The quantitative estimate of drug-likeness (QED) is 0.0756. The van der Waals surface area contributed by atoms with Crippen molar-refractivity contribution in [1.82, 2.24) is 0 Å². The first-order chi connectivity index (χ1) is 18.3. The van der Waals surface area contributed by atoms with E-state index in [2.05, 4.69) is 20.8 Å². The lowest BCUT2D eigenvalue weighted by Gasteiger charge is -2.17. The van der Waals surface area contributed by atoms with Gasteiger partial charge in [-0.2, -0.15) is 0 Å². The van der Waals surface area contributed by atoms with Crippen molar-refractivity contribution in [2.45, 2.75) is 226 Å². The van der Waals surface area contributed by atoms with Crippen molar-refractivity contribution in [2.24, 2.45) is 5.92 Å². The predicted molar refractivity (Wildman–Crippen MR) is 173 cm³/mol. The highest BCUT2D eigenvalue weighted by Gasteiger charge is 2.08. The predicted octanol–water partition coefficient (Wildman–Crippen LogP) is 14.3. The summed E-state index contributed by atoms with van der Waals surface area (Å²) in [6, 6.07) is 0. The van der Waals surface area contributed by atoms with Gasteiger partial charge < -0.3 is 0 Å². The zero-order chi connectivity index (χ0) is 26.9. The summed E-state index contributed by atoms with van der Waals surface area (Å²) in [5.41, 5.74) is 0. The van der Waals surface area contributed by atoms with E-state index in [0.717, 1.165) is 12.3 Å². The van der Waals surface area contributed by atoms with Crippen LogP contribution in [0.25, 0.3) is 0 Å². The van der Waals surface area contributed by atoms with E-state index in [1.54, 1.807) is 0 Å². The maximum Gasteiger partial charge on any atom is -0.0414 e. The first-order valence-corrected chi connectivity index (χ1v) is 18.1. The summed E-state index contributed by atoms with van der Waals surface area (Å²) in [6.07, 6.45) is 48.2. The molecule has 1 radical (unpaired) electrons. The Morgan fingerprint density at radius 2 is 0.514 bits per heavy atom. The van der Waals surface area contributed by atoms with Crippen LogP contribution < -0.4 is 0 Å². The van der Waals surface area contributed by atoms with Gasteiger partial charge in [-0.3, -0.25) is 0 Å². The normalized spacial score (nSPS) is 12.4. The van der Waals surface area contributed by atoms with Gasteiger partial charge in [-0.15, -0.1) is 0 Å². The maximum atomic E-state index is 4.03. The van der Waals surface area contributed by atoms with Gasteiger partial charge in [0.2, 0.25) is 0 Å². The minimum absolute atomic E-state index is 1.02. The maximum absolute atomic E-state index is 4.03. The summed E-state index contributed by atoms with van der Waals surface area (Å²) in [4.78, 5) is 0. The van der Waals surface area contributed by atoms with Crippen LogP contribution in [0, 0.1) is 12.8 Å². The molecule has 0 heteroatoms. The van der Waals surface area contributed by atoms with E-state index in [4.69, 9.17) is 0 Å². The molecular weight excluding hydrogens is 444 g/mol. The molecule has 0 spiro atoms. The summed E-state index contributed by atoms with van der Waals surface area (Å²) >= 11 is 0. The minimum atomic E-state index is 1.02. The van der Waals surface area contributed by atoms with E-state index >= 15 is 0 Å². The lowest BCUT2D eigenvalue weighted by Crippen LogP contribution is -2.01. The fourth-order valence-corrected chi connectivity index (χ4v) is 6.12. The Balaban J connectivity index is 3.62. The molecule has 223 valence electrons. The van der Waals surface area contributed by atoms with Crippen LogP contribution in [0.3, 0.4) is 0 Å². The van der Waals surface area contributed by atoms with Gasteiger partial charge in [-0.25, -0.2) is 0 Å². The fraction of sp³-hybridized carbons (Fsp3) is 0.973. The van der Waals surface area contributed by atoms with Gasteiger partial charge in [0.15, 0.2) is 0 Å². The molecule has 0 saturated carbocycles. The van der Waals surface area contributed by atoms with Crippen molar-refractivity contribution in [1.29, 1.82) is 0 Å². The van der Waals surface area contributed by atoms with Gasteiger partial charge in [0.05, 0.1) is 0 Å². The molecule has 0 amide bonds. The second kappa shape index (κ2) is 34.0. The van der Waals surface area contributed by atoms with Gasteiger partial charge in [0, 0.05) is 0 Å². The van der Waals surface area contributed by atoms with E-state index in [-0.39, 0.29) is 0 Å². The highest BCUT2D eigenvalue weighted by molar-refractivity contribution is 4.62. The highest BCUT2D eigenvalue weighted by Crippen LogP contribution is 2.25. The molecule has 0 aromatic rings. The Labute approximate surface area is 238 Å². The van der Waals surface area contributed by atoms with Gasteiger partial charge in [0.25, 0.3) is 0 Å². The van der Waals surface area contributed by atoms with Crippen molar-refractivity contribution in [2.75, 3.05) is 0 Å². The molecule has 0 heterocycles. The second-order valence-corrected chi connectivity index (χ2v) is 12.6. The molecule has 0 saturated heterocycles. The first-order valence-electron chi connectivity index (χ1n) is 18.1. The molecule has 0 aromatic heterocycles. The monoisotopic (exact) mass is 520 g/mol. The van der Waals surface area contributed by atoms with Crippen LogP contribution in [0.4, 0.5) is 0 Å². The van der Waals surface area contributed by atoms with Crippen LogP contribution in [0.5, 0.6) is 0 Å². The van der Waals surface area contributed by atoms with Crippen LogP contribution >= 0.6 is 0 Å². The van der Waals surface area contributed by atoms with Crippen molar-refractivity contribution < 1.29 is 0 Å². The molecule has 0 aliphatic heterocycles. The fourth-order valence-electron chi connectivity index (χ4n) is 6.12. The molecule has 0 fully saturated rings. The number of unbranched alkanes of at least 4 members (excludes halogenated alkanes) is 27. The summed E-state index contributed by atoms with van der Waals surface area (Å²) in [6.45, 7) is 8.66. The van der Waals surface area contributed by atoms with Crippen LogP contribution in [0.15, 0.2) is 0 Å². The van der Waals surface area contributed by atoms with Gasteiger partial charge in [-0.1, -0.05) is 233 Å². The third kappa shape index (κ3) is 32.1. The summed E-state index contributed by atoms with van der Waals surface area (Å²) in [7, 11) is 0. The van der Waals surface area contributed by atoms with Crippen molar-refractivity contribution in [3.63, 3.8) is 0 Å². The molecule has 0 aliphatic rings. The zero-order valence-electron chi connectivity index (χ0n) is 26.6. The number of rotatable bonds is 33. The summed E-state index contributed by atoms with van der Waals surface area (Å²) in [5, 5.41) is 0. The van der Waals surface area contributed by atoms with Crippen molar-refractivity contribution >= 4 is 0 Å². The van der Waals surface area contributed by atoms with E-state index < -0.39 is 0 Å². The molecule has 1 atom stereocenters. The van der Waals surface area contributed by atoms with Gasteiger partial charge >= 0.3 is 0 Å². The molecule has 37 heavy (non-hydrogen) atoms. The lowest BCUT2D eigenvalue weighted by molar-refractivity contribution is 0.366. The smallest absolute Gasteiger partial charge is 0.0414 e. The van der Waals surface area contributed by atoms with Gasteiger partial charge in [-0.05, 0) is 5.92 Å². The topological polar surface area (TPSA) is 0 Å². The van der Waals surface area contributed by atoms with E-state index in [1.165, 1.54) is 205 Å². The average Bonchev–Trinajstić information content (AvgIpc) is 2.91. The van der Waals surface area contributed by atoms with Crippen molar-refractivity contribution in [3.05, 3.63) is 6.92 Å². The third-order valence-electron chi connectivity index (χ3n) is 8.79. The van der Waals surface area contributed by atoms with E-state index in [9.17, 15) is 0 Å². The minimum Gasteiger partial charge on any atom is -0.0654 e. The highest BCUT2D eigenvalue weighted by atomic mass is 14.1. The van der Waals surface area contributed by atoms with Crippen LogP contribution in [0.2, 0.25) is 0 Å². The van der Waals surface area contributed by atoms with Gasteiger partial charge in [0.1, 0.15) is 0 Å². The third-order valence-corrected chi connectivity index (χ3v) is 8.79. The van der Waals surface area contributed by atoms with E-state index in [0.29, 0.717) is 0 Å². The molecule has 1 unspecified atom stereocenters. The second-order valence-electron chi connectivity index (χ2n) is 12.6. The molecule has 0 aliphatic carbocycles. The van der Waals surface area contributed by atoms with E-state index in [1.807, 2.05) is 0 Å². The Morgan fingerprint density at radius 1 is 0.297 bits per heavy atom. The summed E-state index contributed by atoms with van der Waals surface area (Å²) in [5.74, 6) is 1.02. The molecule has 0 aromatic carbocycles. The Hall–Kier alpha value is 0. The molecule has 0 nitrogen and oxygen atoms in total. The number of hydrogen-bond acceptors (Lipinski definition) is 0. The van der Waals surface area contributed by atoms with Crippen molar-refractivity contribution in [3.8, 4) is 0 Å². The Kier molecular flexibility index (Phi) is 34.0. The first kappa shape index (κ1) is 37.0. The Morgan fingerprint density at radius 3 is 0.757 bits per heavy atom. The Bertz CT molecular complexity index is 372. The molecule has 0 bridgehead atoms. The van der Waals surface area contributed by atoms with Crippen LogP contribution in [-0.2, 0) is 0 Å².